The molecule has 0 unspecified atom stereocenters. The average molecular weight is 268 g/mol. The van der Waals surface area contributed by atoms with Crippen molar-refractivity contribution in [2.75, 3.05) is 5.75 Å². The largest absolute Gasteiger partial charge is 0.481 e. The van der Waals surface area contributed by atoms with Gasteiger partial charge in [0.25, 0.3) is 11.1 Å². The van der Waals surface area contributed by atoms with Crippen LogP contribution in [0.4, 0.5) is 0 Å². The van der Waals surface area contributed by atoms with E-state index >= 15 is 0 Å². The fourth-order valence-corrected chi connectivity index (χ4v) is 1.88. The van der Waals surface area contributed by atoms with Crippen molar-refractivity contribution >= 4 is 17.7 Å². The first-order chi connectivity index (χ1) is 8.70. The van der Waals surface area contributed by atoms with E-state index in [9.17, 15) is 4.79 Å². The minimum absolute atomic E-state index is 0.101. The molecular weight excluding hydrogens is 256 g/mol. The van der Waals surface area contributed by atoms with Gasteiger partial charge < -0.3 is 9.52 Å². The molecule has 0 radical (unpaired) electrons. The van der Waals surface area contributed by atoms with E-state index in [-0.39, 0.29) is 11.0 Å². The minimum Gasteiger partial charge on any atom is -0.481 e. The first-order valence-electron chi connectivity index (χ1n) is 5.41. The summed E-state index contributed by atoms with van der Waals surface area (Å²) >= 11 is 0.996. The third-order valence-electron chi connectivity index (χ3n) is 2.10. The molecule has 8 heteroatoms. The molecule has 0 saturated carbocycles. The van der Waals surface area contributed by atoms with Crippen molar-refractivity contribution in [2.45, 2.75) is 25.1 Å². The monoisotopic (exact) mass is 268 g/mol. The van der Waals surface area contributed by atoms with Gasteiger partial charge in [-0.15, -0.1) is 10.2 Å². The zero-order chi connectivity index (χ0) is 13.0. The van der Waals surface area contributed by atoms with Gasteiger partial charge in [0.05, 0.1) is 0 Å². The number of aromatic nitrogens is 4. The third-order valence-corrected chi connectivity index (χ3v) is 2.90. The lowest BCUT2D eigenvalue weighted by molar-refractivity contribution is -0.133. The van der Waals surface area contributed by atoms with Crippen LogP contribution in [0.5, 0.6) is 0 Å². The van der Waals surface area contributed by atoms with E-state index in [1.165, 1.54) is 0 Å². The Balaban J connectivity index is 2.13. The molecular formula is C10H12N4O3S. The number of thioether (sulfide) groups is 1. The van der Waals surface area contributed by atoms with Gasteiger partial charge in [-0.2, -0.15) is 5.10 Å². The van der Waals surface area contributed by atoms with Crippen LogP contribution in [-0.2, 0) is 11.3 Å². The Morgan fingerprint density at radius 2 is 2.39 bits per heavy atom. The molecule has 2 heterocycles. The van der Waals surface area contributed by atoms with Gasteiger partial charge in [-0.1, -0.05) is 18.7 Å². The number of carboxylic acids is 1. The van der Waals surface area contributed by atoms with E-state index in [1.54, 1.807) is 16.9 Å². The first kappa shape index (κ1) is 12.6. The molecule has 0 bridgehead atoms. The van der Waals surface area contributed by atoms with E-state index in [4.69, 9.17) is 9.52 Å². The number of carbonyl (C=O) groups is 1. The van der Waals surface area contributed by atoms with Crippen molar-refractivity contribution in [3.8, 4) is 11.6 Å². The van der Waals surface area contributed by atoms with E-state index in [1.807, 2.05) is 6.92 Å². The van der Waals surface area contributed by atoms with Gasteiger partial charge >= 0.3 is 5.97 Å². The highest BCUT2D eigenvalue weighted by Gasteiger charge is 2.14. The SMILES string of the molecule is CCCn1nccc1-c1nnc(SCC(=O)O)o1. The van der Waals surface area contributed by atoms with Crippen LogP contribution in [0.1, 0.15) is 13.3 Å². The van der Waals surface area contributed by atoms with Gasteiger partial charge in [-0.05, 0) is 12.5 Å². The summed E-state index contributed by atoms with van der Waals surface area (Å²) in [5, 5.41) is 20.6. The lowest BCUT2D eigenvalue weighted by Gasteiger charge is -2.00. The smallest absolute Gasteiger partial charge is 0.314 e. The number of rotatable bonds is 6. The minimum atomic E-state index is -0.921. The van der Waals surface area contributed by atoms with Gasteiger partial charge in [-0.3, -0.25) is 9.48 Å². The Hall–Kier alpha value is -1.83. The Bertz CT molecular complexity index is 537. The predicted molar refractivity (Wildman–Crippen MR) is 64.2 cm³/mol. The molecule has 0 saturated heterocycles. The van der Waals surface area contributed by atoms with Gasteiger partial charge in [0.15, 0.2) is 0 Å². The van der Waals surface area contributed by atoms with Gasteiger partial charge in [0, 0.05) is 12.7 Å². The molecule has 2 aromatic rings. The maximum Gasteiger partial charge on any atom is 0.314 e. The topological polar surface area (TPSA) is 94.0 Å². The maximum atomic E-state index is 10.4. The van der Waals surface area contributed by atoms with Crippen molar-refractivity contribution in [2.24, 2.45) is 0 Å². The number of aryl methyl sites for hydroxylation is 1. The first-order valence-corrected chi connectivity index (χ1v) is 6.39. The standard InChI is InChI=1S/C10H12N4O3S/c1-2-5-14-7(3-4-11-14)9-12-13-10(17-9)18-6-8(15)16/h3-4H,2,5-6H2,1H3,(H,15,16). The quantitative estimate of drug-likeness (QED) is 0.793. The Labute approximate surface area is 107 Å². The molecule has 0 spiro atoms. The molecule has 0 aliphatic heterocycles. The van der Waals surface area contributed by atoms with Crippen molar-refractivity contribution in [1.82, 2.24) is 20.0 Å². The predicted octanol–water partition coefficient (Wildman–Crippen LogP) is 1.52. The van der Waals surface area contributed by atoms with Crippen LogP contribution >= 0.6 is 11.8 Å². The lowest BCUT2D eigenvalue weighted by atomic mass is 10.4. The maximum absolute atomic E-state index is 10.4. The van der Waals surface area contributed by atoms with Crippen molar-refractivity contribution < 1.29 is 14.3 Å². The van der Waals surface area contributed by atoms with Crippen molar-refractivity contribution in [1.29, 1.82) is 0 Å². The summed E-state index contributed by atoms with van der Waals surface area (Å²) in [7, 11) is 0. The summed E-state index contributed by atoms with van der Waals surface area (Å²) in [6, 6.07) is 1.79. The second kappa shape index (κ2) is 5.67. The van der Waals surface area contributed by atoms with Gasteiger partial charge in [0.1, 0.15) is 11.4 Å². The van der Waals surface area contributed by atoms with Crippen LogP contribution < -0.4 is 0 Å². The molecule has 0 aliphatic carbocycles. The average Bonchev–Trinajstić information content (AvgIpc) is 2.94. The molecule has 18 heavy (non-hydrogen) atoms. The molecule has 0 amide bonds. The number of nitrogens with zero attached hydrogens (tertiary/aromatic N) is 4. The summed E-state index contributed by atoms with van der Waals surface area (Å²) < 4.78 is 7.16. The normalized spacial score (nSPS) is 10.7. The zero-order valence-corrected chi connectivity index (χ0v) is 10.6. The molecule has 0 fully saturated rings. The molecule has 1 N–H and O–H groups in total. The number of hydrogen-bond donors (Lipinski definition) is 1. The number of aliphatic carboxylic acids is 1. The third kappa shape index (κ3) is 2.89. The fraction of sp³-hybridized carbons (Fsp3) is 0.400. The summed E-state index contributed by atoms with van der Waals surface area (Å²) in [6.07, 6.45) is 2.61. The van der Waals surface area contributed by atoms with E-state index in [0.717, 1.165) is 30.4 Å². The Morgan fingerprint density at radius 1 is 1.56 bits per heavy atom. The van der Waals surface area contributed by atoms with Crippen molar-refractivity contribution in [3.63, 3.8) is 0 Å². The molecule has 0 aliphatic rings. The highest BCUT2D eigenvalue weighted by atomic mass is 32.2. The van der Waals surface area contributed by atoms with Crippen LogP contribution in [0.3, 0.4) is 0 Å². The lowest BCUT2D eigenvalue weighted by Crippen LogP contribution is -2.00. The highest BCUT2D eigenvalue weighted by molar-refractivity contribution is 7.99. The van der Waals surface area contributed by atoms with E-state index in [0.29, 0.717) is 5.89 Å². The number of carboxylic acid groups (broad SMARTS) is 1. The zero-order valence-electron chi connectivity index (χ0n) is 9.74. The summed E-state index contributed by atoms with van der Waals surface area (Å²) in [5.41, 5.74) is 0.742. The van der Waals surface area contributed by atoms with Crippen molar-refractivity contribution in [3.05, 3.63) is 12.3 Å². The number of hydrogen-bond acceptors (Lipinski definition) is 6. The molecule has 7 nitrogen and oxygen atoms in total. The van der Waals surface area contributed by atoms with Gasteiger partial charge in [0.2, 0.25) is 0 Å². The van der Waals surface area contributed by atoms with Crippen LogP contribution in [0, 0.1) is 0 Å². The summed E-state index contributed by atoms with van der Waals surface area (Å²) in [6.45, 7) is 2.82. The van der Waals surface area contributed by atoms with Crippen LogP contribution in [0.25, 0.3) is 11.6 Å². The van der Waals surface area contributed by atoms with Crippen LogP contribution in [0.15, 0.2) is 21.9 Å². The second-order valence-electron chi connectivity index (χ2n) is 3.50. The van der Waals surface area contributed by atoms with E-state index in [2.05, 4.69) is 15.3 Å². The summed E-state index contributed by atoms with van der Waals surface area (Å²) in [4.78, 5) is 10.4. The molecule has 0 aromatic carbocycles. The fourth-order valence-electron chi connectivity index (χ4n) is 1.40. The Kier molecular flexibility index (Phi) is 3.98. The van der Waals surface area contributed by atoms with Gasteiger partial charge in [-0.25, -0.2) is 0 Å². The molecule has 96 valence electrons. The van der Waals surface area contributed by atoms with Crippen LogP contribution in [-0.4, -0.2) is 36.8 Å². The molecule has 2 aromatic heterocycles. The molecule has 2 rings (SSSR count). The highest BCUT2D eigenvalue weighted by Crippen LogP contribution is 2.22. The second-order valence-corrected chi connectivity index (χ2v) is 4.42. The summed E-state index contributed by atoms with van der Waals surface area (Å²) in [5.74, 6) is -0.667. The molecule has 0 atom stereocenters. The van der Waals surface area contributed by atoms with Crippen LogP contribution in [0.2, 0.25) is 0 Å². The Morgan fingerprint density at radius 3 is 3.11 bits per heavy atom. The van der Waals surface area contributed by atoms with E-state index < -0.39 is 5.97 Å².